The van der Waals surface area contributed by atoms with E-state index in [0.29, 0.717) is 5.92 Å². The predicted molar refractivity (Wildman–Crippen MR) is 90.5 cm³/mol. The summed E-state index contributed by atoms with van der Waals surface area (Å²) in [4.78, 5) is 8.25. The van der Waals surface area contributed by atoms with Gasteiger partial charge in [0.05, 0.1) is 12.8 Å². The van der Waals surface area contributed by atoms with Crippen molar-refractivity contribution < 1.29 is 4.74 Å². The molecule has 22 heavy (non-hydrogen) atoms. The quantitative estimate of drug-likeness (QED) is 0.864. The minimum atomic E-state index is 0.164. The summed E-state index contributed by atoms with van der Waals surface area (Å²) in [6.45, 7) is 5.29. The fraction of sp³-hybridized carbons (Fsp3) is 0.733. The molecule has 6 nitrogen and oxygen atoms in total. The topological polar surface area (TPSA) is 53.0 Å². The molecular weight excluding hydrogens is 298 g/mol. The molecule has 0 spiro atoms. The highest BCUT2D eigenvalue weighted by molar-refractivity contribution is 7.15. The summed E-state index contributed by atoms with van der Waals surface area (Å²) >= 11 is 1.75. The molecule has 2 atom stereocenters. The van der Waals surface area contributed by atoms with Crippen molar-refractivity contribution in [1.82, 2.24) is 14.9 Å². The highest BCUT2D eigenvalue weighted by Crippen LogP contribution is 2.24. The molecule has 7 heteroatoms. The first-order valence-electron chi connectivity index (χ1n) is 7.93. The van der Waals surface area contributed by atoms with Crippen LogP contribution < -0.4 is 5.32 Å². The van der Waals surface area contributed by atoms with Crippen molar-refractivity contribution in [2.24, 2.45) is 11.0 Å². The van der Waals surface area contributed by atoms with E-state index in [4.69, 9.17) is 4.74 Å². The minimum Gasteiger partial charge on any atom is -0.374 e. The Morgan fingerprint density at radius 3 is 3.09 bits per heavy atom. The fourth-order valence-electron chi connectivity index (χ4n) is 3.19. The molecule has 1 N–H and O–H groups in total. The molecule has 0 bridgehead atoms. The Balaban J connectivity index is 1.48. The van der Waals surface area contributed by atoms with Crippen molar-refractivity contribution in [2.75, 3.05) is 45.7 Å². The standard InChI is InChI=1S/C15H25N5OS/c1-16-15-17-7-14(22-15)11-19-5-3-4-12(8-19)9-20-10-13(21-2)6-18-20/h6-7,12-13H,3-5,8-11H2,1-2H3,(H,16,17). The maximum Gasteiger partial charge on any atom is 0.182 e. The van der Waals surface area contributed by atoms with Crippen LogP contribution in [0.25, 0.3) is 0 Å². The lowest BCUT2D eigenvalue weighted by atomic mass is 9.98. The molecule has 0 saturated carbocycles. The van der Waals surface area contributed by atoms with E-state index in [1.165, 1.54) is 24.3 Å². The number of ether oxygens (including phenoxy) is 1. The molecule has 3 rings (SSSR count). The Bertz CT molecular complexity index is 506. The summed E-state index contributed by atoms with van der Waals surface area (Å²) in [6, 6.07) is 0. The molecule has 1 fully saturated rings. The van der Waals surface area contributed by atoms with Gasteiger partial charge in [-0.05, 0) is 25.3 Å². The monoisotopic (exact) mass is 323 g/mol. The van der Waals surface area contributed by atoms with Crippen LogP contribution in [-0.4, -0.2) is 67.5 Å². The summed E-state index contributed by atoms with van der Waals surface area (Å²) in [7, 11) is 3.67. The predicted octanol–water partition coefficient (Wildman–Crippen LogP) is 1.71. The van der Waals surface area contributed by atoms with E-state index in [-0.39, 0.29) is 6.10 Å². The van der Waals surface area contributed by atoms with Crippen molar-refractivity contribution in [2.45, 2.75) is 25.5 Å². The first kappa shape index (κ1) is 15.7. The molecule has 1 aromatic heterocycles. The van der Waals surface area contributed by atoms with Crippen LogP contribution in [0.2, 0.25) is 0 Å². The molecule has 2 aliphatic rings. The maximum atomic E-state index is 5.33. The van der Waals surface area contributed by atoms with Crippen molar-refractivity contribution in [3.8, 4) is 0 Å². The molecular formula is C15H25N5OS. The van der Waals surface area contributed by atoms with Gasteiger partial charge in [0.15, 0.2) is 5.13 Å². The maximum absolute atomic E-state index is 5.33. The summed E-state index contributed by atoms with van der Waals surface area (Å²) < 4.78 is 5.33. The minimum absolute atomic E-state index is 0.164. The Kier molecular flexibility index (Phi) is 5.28. The molecule has 122 valence electrons. The molecule has 1 saturated heterocycles. The van der Waals surface area contributed by atoms with Crippen molar-refractivity contribution in [3.05, 3.63) is 11.1 Å². The van der Waals surface area contributed by atoms with E-state index in [1.54, 1.807) is 18.4 Å². The molecule has 0 aromatic carbocycles. The second-order valence-electron chi connectivity index (χ2n) is 6.04. The van der Waals surface area contributed by atoms with Gasteiger partial charge >= 0.3 is 0 Å². The summed E-state index contributed by atoms with van der Waals surface area (Å²) in [6.07, 6.45) is 6.64. The Morgan fingerprint density at radius 1 is 1.45 bits per heavy atom. The van der Waals surface area contributed by atoms with Gasteiger partial charge in [0.1, 0.15) is 6.10 Å². The number of hydrogen-bond acceptors (Lipinski definition) is 7. The first-order valence-corrected chi connectivity index (χ1v) is 8.75. The van der Waals surface area contributed by atoms with Crippen LogP contribution in [0.5, 0.6) is 0 Å². The number of hydrazone groups is 1. The summed E-state index contributed by atoms with van der Waals surface area (Å²) in [5, 5.41) is 10.7. The van der Waals surface area contributed by atoms with E-state index in [9.17, 15) is 0 Å². The number of piperidine rings is 1. The van der Waals surface area contributed by atoms with E-state index in [1.807, 2.05) is 19.5 Å². The number of thiazole rings is 1. The van der Waals surface area contributed by atoms with Crippen LogP contribution in [-0.2, 0) is 11.3 Å². The number of anilines is 1. The van der Waals surface area contributed by atoms with Gasteiger partial charge in [0, 0.05) is 44.9 Å². The third kappa shape index (κ3) is 3.97. The second kappa shape index (κ2) is 7.39. The molecule has 3 heterocycles. The number of aromatic nitrogens is 1. The highest BCUT2D eigenvalue weighted by atomic mass is 32.1. The lowest BCUT2D eigenvalue weighted by Crippen LogP contribution is -2.39. The van der Waals surface area contributed by atoms with E-state index < -0.39 is 0 Å². The zero-order chi connectivity index (χ0) is 15.4. The average Bonchev–Trinajstić information content (AvgIpc) is 3.16. The molecule has 1 aromatic rings. The summed E-state index contributed by atoms with van der Waals surface area (Å²) in [5.41, 5.74) is 0. The molecule has 0 amide bonds. The molecule has 2 aliphatic heterocycles. The first-order chi connectivity index (χ1) is 10.8. The van der Waals surface area contributed by atoms with Crippen molar-refractivity contribution in [1.29, 1.82) is 0 Å². The smallest absolute Gasteiger partial charge is 0.182 e. The Hall–Kier alpha value is -1.18. The van der Waals surface area contributed by atoms with Gasteiger partial charge in [-0.25, -0.2) is 4.98 Å². The van der Waals surface area contributed by atoms with Crippen LogP contribution in [0.1, 0.15) is 17.7 Å². The number of hydrogen-bond donors (Lipinski definition) is 1. The molecule has 0 radical (unpaired) electrons. The SMILES string of the molecule is CNc1ncc(CN2CCCC(CN3CC(OC)C=N3)C2)s1. The highest BCUT2D eigenvalue weighted by Gasteiger charge is 2.25. The average molecular weight is 323 g/mol. The summed E-state index contributed by atoms with van der Waals surface area (Å²) in [5.74, 6) is 0.693. The fourth-order valence-corrected chi connectivity index (χ4v) is 3.99. The second-order valence-corrected chi connectivity index (χ2v) is 7.15. The Labute approximate surface area is 136 Å². The van der Waals surface area contributed by atoms with Crippen LogP contribution in [0.15, 0.2) is 11.3 Å². The molecule has 2 unspecified atom stereocenters. The van der Waals surface area contributed by atoms with E-state index in [0.717, 1.165) is 31.3 Å². The number of methoxy groups -OCH3 is 1. The lowest BCUT2D eigenvalue weighted by molar-refractivity contribution is 0.103. The van der Waals surface area contributed by atoms with Crippen molar-refractivity contribution in [3.63, 3.8) is 0 Å². The van der Waals surface area contributed by atoms with Gasteiger partial charge in [-0.2, -0.15) is 5.10 Å². The van der Waals surface area contributed by atoms with Gasteiger partial charge in [0.2, 0.25) is 0 Å². The zero-order valence-corrected chi connectivity index (χ0v) is 14.2. The molecule has 0 aliphatic carbocycles. The third-order valence-corrected chi connectivity index (χ3v) is 5.31. The third-order valence-electron chi connectivity index (χ3n) is 4.31. The number of nitrogens with zero attached hydrogens (tertiary/aromatic N) is 4. The lowest BCUT2D eigenvalue weighted by Gasteiger charge is -2.34. The van der Waals surface area contributed by atoms with E-state index >= 15 is 0 Å². The van der Waals surface area contributed by atoms with Crippen molar-refractivity contribution >= 4 is 22.7 Å². The zero-order valence-electron chi connectivity index (χ0n) is 13.4. The Morgan fingerprint density at radius 2 is 2.36 bits per heavy atom. The van der Waals surface area contributed by atoms with Crippen LogP contribution in [0.4, 0.5) is 5.13 Å². The van der Waals surface area contributed by atoms with Gasteiger partial charge < -0.3 is 10.1 Å². The number of rotatable bonds is 6. The van der Waals surface area contributed by atoms with Crippen LogP contribution in [0, 0.1) is 5.92 Å². The number of likely N-dealkylation sites (tertiary alicyclic amines) is 1. The van der Waals surface area contributed by atoms with Gasteiger partial charge in [-0.15, -0.1) is 11.3 Å². The largest absolute Gasteiger partial charge is 0.374 e. The van der Waals surface area contributed by atoms with Gasteiger partial charge in [-0.1, -0.05) is 0 Å². The number of nitrogens with one attached hydrogen (secondary N) is 1. The van der Waals surface area contributed by atoms with Crippen LogP contribution in [0.3, 0.4) is 0 Å². The normalized spacial score (nSPS) is 25.8. The van der Waals surface area contributed by atoms with Gasteiger partial charge in [-0.3, -0.25) is 9.91 Å². The van der Waals surface area contributed by atoms with Gasteiger partial charge in [0.25, 0.3) is 0 Å². The van der Waals surface area contributed by atoms with E-state index in [2.05, 4.69) is 25.3 Å². The van der Waals surface area contributed by atoms with Crippen LogP contribution >= 0.6 is 11.3 Å².